The molecule has 19 heavy (non-hydrogen) atoms. The molecule has 0 aromatic heterocycles. The summed E-state index contributed by atoms with van der Waals surface area (Å²) in [5.41, 5.74) is 6.72. The highest BCUT2D eigenvalue weighted by molar-refractivity contribution is 7.85. The van der Waals surface area contributed by atoms with Crippen LogP contribution in [0.15, 0.2) is 18.2 Å². The second kappa shape index (κ2) is 7.50. The fourth-order valence-electron chi connectivity index (χ4n) is 1.46. The van der Waals surface area contributed by atoms with Gasteiger partial charge in [0.15, 0.2) is 0 Å². The van der Waals surface area contributed by atoms with E-state index in [0.717, 1.165) is 0 Å². The van der Waals surface area contributed by atoms with Gasteiger partial charge >= 0.3 is 0 Å². The zero-order chi connectivity index (χ0) is 14.4. The third kappa shape index (κ3) is 5.61. The van der Waals surface area contributed by atoms with Gasteiger partial charge in [0.2, 0.25) is 5.91 Å². The van der Waals surface area contributed by atoms with E-state index >= 15 is 0 Å². The first-order chi connectivity index (χ1) is 8.90. The Labute approximate surface area is 121 Å². The fraction of sp³-hybridized carbons (Fsp3) is 0.462. The van der Waals surface area contributed by atoms with Crippen LogP contribution in [-0.2, 0) is 15.6 Å². The van der Waals surface area contributed by atoms with Crippen LogP contribution in [0.1, 0.15) is 26.7 Å². The van der Waals surface area contributed by atoms with E-state index in [9.17, 15) is 9.00 Å². The first-order valence-corrected chi connectivity index (χ1v) is 7.88. The number of benzene rings is 1. The molecule has 0 aliphatic heterocycles. The summed E-state index contributed by atoms with van der Waals surface area (Å²) in [4.78, 5) is 11.7. The van der Waals surface area contributed by atoms with Crippen LogP contribution in [0.4, 0.5) is 11.4 Å². The Morgan fingerprint density at radius 2 is 2.16 bits per heavy atom. The quantitative estimate of drug-likeness (QED) is 0.794. The van der Waals surface area contributed by atoms with Crippen LogP contribution in [0.25, 0.3) is 0 Å². The molecule has 0 aliphatic carbocycles. The molecule has 1 atom stereocenters. The molecular formula is C13H19ClN2O2S. The van der Waals surface area contributed by atoms with Crippen LogP contribution in [0.3, 0.4) is 0 Å². The van der Waals surface area contributed by atoms with Gasteiger partial charge in [-0.2, -0.15) is 0 Å². The summed E-state index contributed by atoms with van der Waals surface area (Å²) in [6.07, 6.45) is 0.918. The summed E-state index contributed by atoms with van der Waals surface area (Å²) >= 11 is 5.83. The normalized spacial score (nSPS) is 12.4. The number of amides is 1. The summed E-state index contributed by atoms with van der Waals surface area (Å²) < 4.78 is 11.5. The zero-order valence-corrected chi connectivity index (χ0v) is 12.7. The van der Waals surface area contributed by atoms with Gasteiger partial charge in [-0.05, 0) is 24.6 Å². The molecule has 0 bridgehead atoms. The van der Waals surface area contributed by atoms with Gasteiger partial charge in [-0.25, -0.2) is 0 Å². The molecule has 0 spiro atoms. The molecule has 0 fully saturated rings. The van der Waals surface area contributed by atoms with E-state index in [1.165, 1.54) is 0 Å². The molecule has 1 unspecified atom stereocenters. The molecular weight excluding hydrogens is 284 g/mol. The number of nitrogens with one attached hydrogen (secondary N) is 1. The molecule has 0 saturated heterocycles. The summed E-state index contributed by atoms with van der Waals surface area (Å²) in [7, 11) is -0.868. The van der Waals surface area contributed by atoms with E-state index < -0.39 is 10.8 Å². The van der Waals surface area contributed by atoms with Gasteiger partial charge in [-0.3, -0.25) is 9.00 Å². The topological polar surface area (TPSA) is 72.2 Å². The van der Waals surface area contributed by atoms with Crippen LogP contribution >= 0.6 is 11.6 Å². The van der Waals surface area contributed by atoms with Crippen molar-refractivity contribution >= 4 is 39.7 Å². The van der Waals surface area contributed by atoms with Gasteiger partial charge in [-0.15, -0.1) is 0 Å². The number of hydrogen-bond acceptors (Lipinski definition) is 3. The van der Waals surface area contributed by atoms with E-state index in [1.54, 1.807) is 18.2 Å². The number of halogens is 1. The van der Waals surface area contributed by atoms with E-state index in [1.807, 2.05) is 13.8 Å². The molecule has 0 heterocycles. The maximum absolute atomic E-state index is 11.7. The average molecular weight is 303 g/mol. The maximum atomic E-state index is 11.7. The lowest BCUT2D eigenvalue weighted by Crippen LogP contribution is -2.15. The molecule has 0 radical (unpaired) electrons. The average Bonchev–Trinajstić information content (AvgIpc) is 2.33. The summed E-state index contributed by atoms with van der Waals surface area (Å²) in [6, 6.07) is 4.92. The Bertz CT molecular complexity index is 478. The highest BCUT2D eigenvalue weighted by Gasteiger charge is 2.09. The first kappa shape index (κ1) is 16.0. The van der Waals surface area contributed by atoms with E-state index in [0.29, 0.717) is 35.0 Å². The van der Waals surface area contributed by atoms with Crippen molar-refractivity contribution in [3.05, 3.63) is 23.2 Å². The predicted octanol–water partition coefficient (Wildman–Crippen LogP) is 2.80. The van der Waals surface area contributed by atoms with E-state index in [-0.39, 0.29) is 11.2 Å². The number of nitrogens with two attached hydrogens (primary N) is 1. The molecule has 4 nitrogen and oxygen atoms in total. The van der Waals surface area contributed by atoms with Crippen LogP contribution < -0.4 is 11.1 Å². The van der Waals surface area contributed by atoms with Crippen molar-refractivity contribution in [3.8, 4) is 0 Å². The Morgan fingerprint density at radius 1 is 1.47 bits per heavy atom. The maximum Gasteiger partial charge on any atom is 0.224 e. The van der Waals surface area contributed by atoms with Crippen LogP contribution in [0.2, 0.25) is 5.02 Å². The molecule has 1 aromatic rings. The summed E-state index contributed by atoms with van der Waals surface area (Å²) in [5, 5.41) is 3.36. The number of hydrogen-bond donors (Lipinski definition) is 2. The zero-order valence-electron chi connectivity index (χ0n) is 11.1. The summed E-state index contributed by atoms with van der Waals surface area (Å²) in [5.74, 6) is 0.394. The molecule has 1 amide bonds. The predicted molar refractivity (Wildman–Crippen MR) is 81.9 cm³/mol. The highest BCUT2D eigenvalue weighted by atomic mass is 35.5. The van der Waals surface area contributed by atoms with Crippen molar-refractivity contribution in [2.75, 3.05) is 16.8 Å². The molecule has 0 saturated carbocycles. The standard InChI is InChI=1S/C13H19ClN2O2S/c1-9(2)19(18)7-3-4-13(17)16-12-8-10(14)5-6-11(12)15/h5-6,8-9H,3-4,7,15H2,1-2H3,(H,16,17). The van der Waals surface area contributed by atoms with E-state index in [4.69, 9.17) is 17.3 Å². The Balaban J connectivity index is 2.43. The minimum atomic E-state index is -0.868. The monoisotopic (exact) mass is 302 g/mol. The van der Waals surface area contributed by atoms with Gasteiger partial charge in [-0.1, -0.05) is 25.4 Å². The van der Waals surface area contributed by atoms with Crippen LogP contribution in [0, 0.1) is 0 Å². The second-order valence-corrected chi connectivity index (χ2v) is 7.07. The molecule has 106 valence electrons. The Morgan fingerprint density at radius 3 is 2.79 bits per heavy atom. The minimum Gasteiger partial charge on any atom is -0.397 e. The molecule has 6 heteroatoms. The van der Waals surface area contributed by atoms with Crippen LogP contribution in [-0.4, -0.2) is 21.1 Å². The van der Waals surface area contributed by atoms with Crippen molar-refractivity contribution in [1.29, 1.82) is 0 Å². The third-order valence-corrected chi connectivity index (χ3v) is 4.54. The number of carbonyl (C=O) groups excluding carboxylic acids is 1. The SMILES string of the molecule is CC(C)S(=O)CCCC(=O)Nc1cc(Cl)ccc1N. The first-order valence-electron chi connectivity index (χ1n) is 6.12. The molecule has 1 rings (SSSR count). The Hall–Kier alpha value is -1.07. The number of nitrogen functional groups attached to an aromatic ring is 1. The van der Waals surface area contributed by atoms with Crippen molar-refractivity contribution in [3.63, 3.8) is 0 Å². The highest BCUT2D eigenvalue weighted by Crippen LogP contribution is 2.23. The molecule has 1 aromatic carbocycles. The lowest BCUT2D eigenvalue weighted by atomic mass is 10.2. The van der Waals surface area contributed by atoms with Crippen molar-refractivity contribution in [2.24, 2.45) is 0 Å². The largest absolute Gasteiger partial charge is 0.397 e. The molecule has 0 aliphatic rings. The van der Waals surface area contributed by atoms with Gasteiger partial charge in [0.1, 0.15) is 0 Å². The smallest absolute Gasteiger partial charge is 0.224 e. The number of carbonyl (C=O) groups is 1. The fourth-order valence-corrected chi connectivity index (χ4v) is 2.53. The Kier molecular flexibility index (Phi) is 6.31. The van der Waals surface area contributed by atoms with Gasteiger partial charge in [0.25, 0.3) is 0 Å². The molecule has 3 N–H and O–H groups in total. The van der Waals surface area contributed by atoms with Crippen molar-refractivity contribution in [2.45, 2.75) is 31.9 Å². The lowest BCUT2D eigenvalue weighted by Gasteiger charge is -2.09. The van der Waals surface area contributed by atoms with Gasteiger partial charge < -0.3 is 11.1 Å². The number of anilines is 2. The second-order valence-electron chi connectivity index (χ2n) is 4.52. The summed E-state index contributed by atoms with van der Waals surface area (Å²) in [6.45, 7) is 3.81. The number of rotatable bonds is 6. The van der Waals surface area contributed by atoms with Crippen LogP contribution in [0.5, 0.6) is 0 Å². The van der Waals surface area contributed by atoms with Crippen molar-refractivity contribution < 1.29 is 9.00 Å². The third-order valence-electron chi connectivity index (χ3n) is 2.56. The van der Waals surface area contributed by atoms with Gasteiger partial charge in [0.05, 0.1) is 11.4 Å². The van der Waals surface area contributed by atoms with E-state index in [2.05, 4.69) is 5.32 Å². The minimum absolute atomic E-state index is 0.131. The lowest BCUT2D eigenvalue weighted by molar-refractivity contribution is -0.116. The van der Waals surface area contributed by atoms with Crippen molar-refractivity contribution in [1.82, 2.24) is 0 Å². The van der Waals surface area contributed by atoms with Gasteiger partial charge in [0, 0.05) is 33.2 Å².